The second-order valence-electron chi connectivity index (χ2n) is 4.55. The van der Waals surface area contributed by atoms with Crippen molar-refractivity contribution in [1.82, 2.24) is 9.55 Å². The predicted octanol–water partition coefficient (Wildman–Crippen LogP) is -0.577. The van der Waals surface area contributed by atoms with Gasteiger partial charge in [0, 0.05) is 6.20 Å². The van der Waals surface area contributed by atoms with Crippen molar-refractivity contribution in [3.05, 3.63) is 41.1 Å². The number of aliphatic hydroxyl groups excluding tert-OH is 2. The smallest absolute Gasteiger partial charge is 0.351 e. The van der Waals surface area contributed by atoms with Gasteiger partial charge >= 0.3 is 11.6 Å². The van der Waals surface area contributed by atoms with Crippen LogP contribution in [0.1, 0.15) is 6.23 Å². The van der Waals surface area contributed by atoms with Crippen LogP contribution in [0.4, 0.5) is 14.6 Å². The van der Waals surface area contributed by atoms with Crippen LogP contribution in [0.3, 0.4) is 0 Å². The highest BCUT2D eigenvalue weighted by Crippen LogP contribution is 2.47. The molecule has 0 spiro atoms. The van der Waals surface area contributed by atoms with Crippen LogP contribution in [0.25, 0.3) is 0 Å². The summed E-state index contributed by atoms with van der Waals surface area (Å²) in [6, 6.07) is 1.13. The summed E-state index contributed by atoms with van der Waals surface area (Å²) in [6.45, 7) is 2.26. The van der Waals surface area contributed by atoms with Crippen LogP contribution in [0.15, 0.2) is 35.4 Å². The van der Waals surface area contributed by atoms with E-state index in [2.05, 4.69) is 17.3 Å². The largest absolute Gasteiger partial charge is 0.393 e. The SMILES string of the molecule is C=C=C[C@]1(CO)O[C@@H](n2ccc(N)nc2=O)C(F)(F)[C@@H]1O. The van der Waals surface area contributed by atoms with Crippen molar-refractivity contribution in [2.24, 2.45) is 0 Å². The van der Waals surface area contributed by atoms with Gasteiger partial charge in [-0.2, -0.15) is 13.8 Å². The van der Waals surface area contributed by atoms with Crippen LogP contribution in [-0.2, 0) is 4.74 Å². The minimum Gasteiger partial charge on any atom is -0.393 e. The molecule has 114 valence electrons. The third-order valence-electron chi connectivity index (χ3n) is 3.19. The van der Waals surface area contributed by atoms with E-state index in [1.807, 2.05) is 0 Å². The van der Waals surface area contributed by atoms with Crippen molar-refractivity contribution in [3.8, 4) is 0 Å². The van der Waals surface area contributed by atoms with Crippen molar-refractivity contribution in [2.45, 2.75) is 23.9 Å². The van der Waals surface area contributed by atoms with Gasteiger partial charge in [-0.15, -0.1) is 5.73 Å². The number of aliphatic hydroxyl groups is 2. The van der Waals surface area contributed by atoms with Crippen molar-refractivity contribution in [1.29, 1.82) is 0 Å². The van der Waals surface area contributed by atoms with Crippen LogP contribution in [0.2, 0.25) is 0 Å². The number of hydrogen-bond acceptors (Lipinski definition) is 6. The Hall–Kier alpha value is -2.06. The number of nitrogens with zero attached hydrogens (tertiary/aromatic N) is 2. The highest BCUT2D eigenvalue weighted by Gasteiger charge is 2.66. The number of aromatic nitrogens is 2. The molecule has 0 amide bonds. The summed E-state index contributed by atoms with van der Waals surface area (Å²) in [5.41, 5.74) is 4.29. The third-order valence-corrected chi connectivity index (χ3v) is 3.19. The monoisotopic (exact) mass is 301 g/mol. The van der Waals surface area contributed by atoms with E-state index in [0.717, 1.165) is 18.3 Å². The zero-order chi connectivity index (χ0) is 15.8. The highest BCUT2D eigenvalue weighted by atomic mass is 19.3. The maximum atomic E-state index is 14.2. The van der Waals surface area contributed by atoms with Gasteiger partial charge in [0.1, 0.15) is 5.82 Å². The Bertz CT molecular complexity index is 656. The van der Waals surface area contributed by atoms with Gasteiger partial charge in [0.05, 0.1) is 6.61 Å². The summed E-state index contributed by atoms with van der Waals surface area (Å²) in [6.07, 6.45) is -2.67. The van der Waals surface area contributed by atoms with Gasteiger partial charge in [-0.05, 0) is 12.1 Å². The Labute approximate surface area is 117 Å². The summed E-state index contributed by atoms with van der Waals surface area (Å²) < 4.78 is 33.9. The summed E-state index contributed by atoms with van der Waals surface area (Å²) in [7, 11) is 0. The van der Waals surface area contributed by atoms with Crippen molar-refractivity contribution < 1.29 is 23.7 Å². The lowest BCUT2D eigenvalue weighted by Crippen LogP contribution is -2.47. The maximum Gasteiger partial charge on any atom is 0.351 e. The van der Waals surface area contributed by atoms with E-state index in [9.17, 15) is 23.8 Å². The zero-order valence-corrected chi connectivity index (χ0v) is 10.7. The molecule has 1 aliphatic heterocycles. The average Bonchev–Trinajstić information content (AvgIpc) is 2.61. The molecule has 21 heavy (non-hydrogen) atoms. The van der Waals surface area contributed by atoms with E-state index in [1.54, 1.807) is 0 Å². The van der Waals surface area contributed by atoms with Crippen LogP contribution in [-0.4, -0.2) is 44.0 Å². The lowest BCUT2D eigenvalue weighted by Gasteiger charge is -2.25. The Morgan fingerprint density at radius 1 is 1.67 bits per heavy atom. The molecule has 0 radical (unpaired) electrons. The minimum absolute atomic E-state index is 0.141. The normalized spacial score (nSPS) is 30.9. The molecule has 2 heterocycles. The van der Waals surface area contributed by atoms with Gasteiger partial charge in [0.25, 0.3) is 0 Å². The Kier molecular flexibility index (Phi) is 3.68. The molecule has 1 aliphatic rings. The highest BCUT2D eigenvalue weighted by molar-refractivity contribution is 5.24. The summed E-state index contributed by atoms with van der Waals surface area (Å²) in [5.74, 6) is -3.99. The fourth-order valence-corrected chi connectivity index (χ4v) is 2.11. The second-order valence-corrected chi connectivity index (χ2v) is 4.55. The van der Waals surface area contributed by atoms with E-state index < -0.39 is 36.2 Å². The molecular weight excluding hydrogens is 288 g/mol. The van der Waals surface area contributed by atoms with Crippen LogP contribution >= 0.6 is 0 Å². The van der Waals surface area contributed by atoms with Crippen molar-refractivity contribution in [2.75, 3.05) is 12.3 Å². The second kappa shape index (κ2) is 5.05. The lowest BCUT2D eigenvalue weighted by atomic mass is 9.95. The topological polar surface area (TPSA) is 111 Å². The van der Waals surface area contributed by atoms with Gasteiger partial charge in [-0.25, -0.2) is 4.79 Å². The number of ether oxygens (including phenoxy) is 1. The van der Waals surface area contributed by atoms with Crippen LogP contribution < -0.4 is 11.4 Å². The number of alkyl halides is 2. The number of nitrogens with two attached hydrogens (primary N) is 1. The van der Waals surface area contributed by atoms with Gasteiger partial charge in [0.2, 0.25) is 6.23 Å². The Balaban J connectivity index is 2.55. The molecule has 2 rings (SSSR count). The van der Waals surface area contributed by atoms with Crippen LogP contribution in [0, 0.1) is 0 Å². The Morgan fingerprint density at radius 2 is 2.33 bits per heavy atom. The standard InChI is InChI=1S/C12H13F2N3O4/c1-2-4-11(6-18)8(19)12(13,14)9(21-11)17-5-3-7(15)16-10(17)20/h3-5,8-9,18-19H,1,6H2,(H2,15,16,20)/t8-,9-,11-/m1/s1. The van der Waals surface area contributed by atoms with Gasteiger partial charge in [-0.1, -0.05) is 6.58 Å². The quantitative estimate of drug-likeness (QED) is 0.644. The van der Waals surface area contributed by atoms with Crippen molar-refractivity contribution >= 4 is 5.82 Å². The first kappa shape index (κ1) is 15.3. The first-order valence-electron chi connectivity index (χ1n) is 5.84. The molecule has 7 nitrogen and oxygen atoms in total. The molecule has 0 saturated carbocycles. The molecule has 1 aromatic rings. The third kappa shape index (κ3) is 2.26. The zero-order valence-electron chi connectivity index (χ0n) is 10.7. The Morgan fingerprint density at radius 3 is 2.86 bits per heavy atom. The average molecular weight is 301 g/mol. The molecule has 0 aliphatic carbocycles. The molecule has 4 N–H and O–H groups in total. The molecule has 3 atom stereocenters. The molecule has 0 bridgehead atoms. The number of nitrogen functional groups attached to an aromatic ring is 1. The maximum absolute atomic E-state index is 14.2. The van der Waals surface area contributed by atoms with Gasteiger partial charge < -0.3 is 20.7 Å². The van der Waals surface area contributed by atoms with E-state index >= 15 is 0 Å². The number of rotatable bonds is 3. The van der Waals surface area contributed by atoms with Crippen molar-refractivity contribution in [3.63, 3.8) is 0 Å². The molecule has 0 aromatic carbocycles. The fraction of sp³-hybridized carbons (Fsp3) is 0.417. The van der Waals surface area contributed by atoms with Crippen LogP contribution in [0.5, 0.6) is 0 Å². The first-order chi connectivity index (χ1) is 9.78. The van der Waals surface area contributed by atoms with Gasteiger partial charge in [-0.3, -0.25) is 4.57 Å². The molecule has 9 heteroatoms. The first-order valence-corrected chi connectivity index (χ1v) is 5.84. The fourth-order valence-electron chi connectivity index (χ4n) is 2.11. The number of anilines is 1. The number of hydrogen-bond donors (Lipinski definition) is 3. The molecule has 1 aromatic heterocycles. The summed E-state index contributed by atoms with van der Waals surface area (Å²) in [4.78, 5) is 15.0. The van der Waals surface area contributed by atoms with E-state index in [4.69, 9.17) is 10.5 Å². The lowest BCUT2D eigenvalue weighted by molar-refractivity contribution is -0.142. The number of halogens is 2. The van der Waals surface area contributed by atoms with Gasteiger partial charge in [0.15, 0.2) is 11.7 Å². The molecular formula is C12H13F2N3O4. The minimum atomic E-state index is -3.85. The molecule has 1 saturated heterocycles. The molecule has 0 unspecified atom stereocenters. The van der Waals surface area contributed by atoms with E-state index in [0.29, 0.717) is 4.57 Å². The van der Waals surface area contributed by atoms with E-state index in [-0.39, 0.29) is 5.82 Å². The van der Waals surface area contributed by atoms with E-state index in [1.165, 1.54) is 0 Å². The summed E-state index contributed by atoms with van der Waals surface area (Å²) >= 11 is 0. The molecule has 1 fully saturated rings. The predicted molar refractivity (Wildman–Crippen MR) is 67.5 cm³/mol. The summed E-state index contributed by atoms with van der Waals surface area (Å²) in [5, 5.41) is 19.1.